The summed E-state index contributed by atoms with van der Waals surface area (Å²) < 4.78 is 56.5. The summed E-state index contributed by atoms with van der Waals surface area (Å²) in [7, 11) is 0. The molecule has 6 heteroatoms. The Kier molecular flexibility index (Phi) is 4.54. The highest BCUT2D eigenvalue weighted by Crippen LogP contribution is 2.31. The van der Waals surface area contributed by atoms with Gasteiger partial charge >= 0.3 is 12.1 Å². The number of alkyl halides is 3. The molecule has 2 unspecified atom stereocenters. The lowest BCUT2D eigenvalue weighted by molar-refractivity contribution is -0.137. The van der Waals surface area contributed by atoms with Crippen LogP contribution in [0.25, 0.3) is 0 Å². The second kappa shape index (κ2) is 6.03. The van der Waals surface area contributed by atoms with Crippen LogP contribution in [0.2, 0.25) is 0 Å². The average Bonchev–Trinajstić information content (AvgIpc) is 2.37. The van der Waals surface area contributed by atoms with Gasteiger partial charge in [0.25, 0.3) is 0 Å². The third-order valence-electron chi connectivity index (χ3n) is 3.68. The predicted octanol–water partition coefficient (Wildman–Crippen LogP) is 4.58. The maximum absolute atomic E-state index is 13.6. The first-order chi connectivity index (χ1) is 9.77. The molecular weight excluding hydrogens is 288 g/mol. The minimum absolute atomic E-state index is 0.352. The van der Waals surface area contributed by atoms with Crippen molar-refractivity contribution in [2.24, 2.45) is 5.92 Å². The molecule has 0 spiro atoms. The van der Waals surface area contributed by atoms with Crippen LogP contribution in [0.5, 0.6) is 0 Å². The molecule has 1 aliphatic rings. The molecule has 1 fully saturated rings. The highest BCUT2D eigenvalue weighted by Gasteiger charge is 2.32. The van der Waals surface area contributed by atoms with E-state index >= 15 is 0 Å². The number of carbonyl (C=O) groups excluding carboxylic acids is 1. The summed E-state index contributed by atoms with van der Waals surface area (Å²) in [5.74, 6) is -1.64. The third kappa shape index (κ3) is 3.95. The molecule has 0 saturated heterocycles. The lowest BCUT2D eigenvalue weighted by Gasteiger charge is -2.26. The number of ether oxygens (including phenoxy) is 1. The van der Waals surface area contributed by atoms with Gasteiger partial charge in [-0.2, -0.15) is 13.2 Å². The lowest BCUT2D eigenvalue weighted by atomic mass is 9.89. The molecule has 21 heavy (non-hydrogen) atoms. The molecule has 2 atom stereocenters. The van der Waals surface area contributed by atoms with E-state index in [2.05, 4.69) is 0 Å². The first kappa shape index (κ1) is 15.8. The number of hydrogen-bond acceptors (Lipinski definition) is 2. The van der Waals surface area contributed by atoms with Crippen molar-refractivity contribution in [1.29, 1.82) is 0 Å². The highest BCUT2D eigenvalue weighted by molar-refractivity contribution is 5.90. The van der Waals surface area contributed by atoms with Crippen molar-refractivity contribution in [3.63, 3.8) is 0 Å². The summed E-state index contributed by atoms with van der Waals surface area (Å²) in [6.45, 7) is 2.02. The standard InChI is InChI=1S/C15H16F4O2/c1-9-3-2-4-11(7-9)21-14(20)12-8-10(15(17,18)19)5-6-13(12)16/h5-6,8-9,11H,2-4,7H2,1H3. The van der Waals surface area contributed by atoms with Crippen LogP contribution in [-0.2, 0) is 10.9 Å². The Labute approximate surface area is 120 Å². The molecule has 2 rings (SSSR count). The second-order valence-electron chi connectivity index (χ2n) is 5.49. The normalized spacial score (nSPS) is 22.9. The van der Waals surface area contributed by atoms with Gasteiger partial charge in [0.1, 0.15) is 11.9 Å². The van der Waals surface area contributed by atoms with Crippen LogP contribution in [0.15, 0.2) is 18.2 Å². The fourth-order valence-corrected chi connectivity index (χ4v) is 2.56. The van der Waals surface area contributed by atoms with Gasteiger partial charge in [0.2, 0.25) is 0 Å². The number of rotatable bonds is 2. The molecule has 0 bridgehead atoms. The van der Waals surface area contributed by atoms with Gasteiger partial charge in [-0.15, -0.1) is 0 Å². The lowest BCUT2D eigenvalue weighted by Crippen LogP contribution is -2.25. The van der Waals surface area contributed by atoms with E-state index in [9.17, 15) is 22.4 Å². The molecule has 0 heterocycles. The summed E-state index contributed by atoms with van der Waals surface area (Å²) in [6, 6.07) is 1.75. The van der Waals surface area contributed by atoms with Crippen LogP contribution in [0.1, 0.15) is 48.5 Å². The summed E-state index contributed by atoms with van der Waals surface area (Å²) in [5.41, 5.74) is -1.73. The van der Waals surface area contributed by atoms with Gasteiger partial charge in [-0.05, 0) is 43.4 Å². The number of hydrogen-bond donors (Lipinski definition) is 0. The van der Waals surface area contributed by atoms with Crippen LogP contribution in [0, 0.1) is 11.7 Å². The zero-order chi connectivity index (χ0) is 15.6. The van der Waals surface area contributed by atoms with Crippen LogP contribution in [0.4, 0.5) is 17.6 Å². The van der Waals surface area contributed by atoms with Crippen molar-refractivity contribution in [2.75, 3.05) is 0 Å². The molecule has 1 aromatic carbocycles. The summed E-state index contributed by atoms with van der Waals surface area (Å²) in [5, 5.41) is 0. The van der Waals surface area contributed by atoms with E-state index < -0.39 is 29.1 Å². The maximum atomic E-state index is 13.6. The van der Waals surface area contributed by atoms with E-state index in [-0.39, 0.29) is 6.10 Å². The van der Waals surface area contributed by atoms with E-state index in [1.807, 2.05) is 6.92 Å². The van der Waals surface area contributed by atoms with E-state index in [0.29, 0.717) is 37.0 Å². The molecule has 0 aromatic heterocycles. The van der Waals surface area contributed by atoms with Crippen LogP contribution in [-0.4, -0.2) is 12.1 Å². The first-order valence-electron chi connectivity index (χ1n) is 6.85. The van der Waals surface area contributed by atoms with Crippen LogP contribution < -0.4 is 0 Å². The summed E-state index contributed by atoms with van der Waals surface area (Å²) >= 11 is 0. The highest BCUT2D eigenvalue weighted by atomic mass is 19.4. The molecule has 0 N–H and O–H groups in total. The van der Waals surface area contributed by atoms with Crippen molar-refractivity contribution >= 4 is 5.97 Å². The Morgan fingerprint density at radius 1 is 1.29 bits per heavy atom. The van der Waals surface area contributed by atoms with Gasteiger partial charge < -0.3 is 4.74 Å². The minimum Gasteiger partial charge on any atom is -0.459 e. The first-order valence-corrected chi connectivity index (χ1v) is 6.85. The fourth-order valence-electron chi connectivity index (χ4n) is 2.56. The van der Waals surface area contributed by atoms with Crippen molar-refractivity contribution in [1.82, 2.24) is 0 Å². The van der Waals surface area contributed by atoms with Gasteiger partial charge in [0.05, 0.1) is 11.1 Å². The molecule has 116 valence electrons. The number of halogens is 4. The summed E-state index contributed by atoms with van der Waals surface area (Å²) in [6.07, 6.45) is -1.73. The van der Waals surface area contributed by atoms with Crippen molar-refractivity contribution in [3.05, 3.63) is 35.1 Å². The quantitative estimate of drug-likeness (QED) is 0.590. The Balaban J connectivity index is 2.15. The smallest absolute Gasteiger partial charge is 0.416 e. The van der Waals surface area contributed by atoms with Crippen molar-refractivity contribution < 1.29 is 27.1 Å². The van der Waals surface area contributed by atoms with Crippen LogP contribution >= 0.6 is 0 Å². The Morgan fingerprint density at radius 3 is 2.62 bits per heavy atom. The SMILES string of the molecule is CC1CCCC(OC(=O)c2cc(C(F)(F)F)ccc2F)C1. The molecule has 1 aliphatic carbocycles. The van der Waals surface area contributed by atoms with Gasteiger partial charge in [-0.25, -0.2) is 9.18 Å². The predicted molar refractivity (Wildman–Crippen MR) is 68.2 cm³/mol. The van der Waals surface area contributed by atoms with Crippen LogP contribution in [0.3, 0.4) is 0 Å². The Bertz CT molecular complexity index is 525. The van der Waals surface area contributed by atoms with Crippen molar-refractivity contribution in [3.8, 4) is 0 Å². The maximum Gasteiger partial charge on any atom is 0.416 e. The van der Waals surface area contributed by atoms with E-state index in [1.165, 1.54) is 0 Å². The molecule has 1 aromatic rings. The largest absolute Gasteiger partial charge is 0.459 e. The van der Waals surface area contributed by atoms with Gasteiger partial charge in [-0.1, -0.05) is 13.3 Å². The fraction of sp³-hybridized carbons (Fsp3) is 0.533. The minimum atomic E-state index is -4.62. The van der Waals surface area contributed by atoms with E-state index in [4.69, 9.17) is 4.74 Å². The van der Waals surface area contributed by atoms with Gasteiger partial charge in [0.15, 0.2) is 0 Å². The topological polar surface area (TPSA) is 26.3 Å². The molecule has 0 amide bonds. The Morgan fingerprint density at radius 2 is 2.00 bits per heavy atom. The average molecular weight is 304 g/mol. The zero-order valence-corrected chi connectivity index (χ0v) is 11.5. The zero-order valence-electron chi connectivity index (χ0n) is 11.5. The number of carbonyl (C=O) groups is 1. The number of benzene rings is 1. The molecule has 0 aliphatic heterocycles. The van der Waals surface area contributed by atoms with Gasteiger partial charge in [0, 0.05) is 0 Å². The Hall–Kier alpha value is -1.59. The monoisotopic (exact) mass is 304 g/mol. The van der Waals surface area contributed by atoms with Crippen molar-refractivity contribution in [2.45, 2.75) is 44.9 Å². The number of esters is 1. The summed E-state index contributed by atoms with van der Waals surface area (Å²) in [4.78, 5) is 11.9. The van der Waals surface area contributed by atoms with Gasteiger partial charge in [-0.3, -0.25) is 0 Å². The second-order valence-corrected chi connectivity index (χ2v) is 5.49. The molecule has 1 saturated carbocycles. The molecule has 0 radical (unpaired) electrons. The third-order valence-corrected chi connectivity index (χ3v) is 3.68. The van der Waals surface area contributed by atoms with E-state index in [1.54, 1.807) is 0 Å². The van der Waals surface area contributed by atoms with E-state index in [0.717, 1.165) is 12.8 Å². The molecule has 2 nitrogen and oxygen atoms in total. The molecular formula is C15H16F4O2.